The monoisotopic (exact) mass is 281 g/mol. The van der Waals surface area contributed by atoms with Gasteiger partial charge in [-0.1, -0.05) is 6.92 Å². The van der Waals surface area contributed by atoms with Crippen LogP contribution in [0, 0.1) is 12.7 Å². The zero-order chi connectivity index (χ0) is 14.5. The van der Waals surface area contributed by atoms with Crippen LogP contribution in [0.25, 0.3) is 0 Å². The van der Waals surface area contributed by atoms with Gasteiger partial charge in [0.2, 0.25) is 0 Å². The van der Waals surface area contributed by atoms with E-state index >= 15 is 0 Å². The van der Waals surface area contributed by atoms with Gasteiger partial charge in [0.1, 0.15) is 17.7 Å². The van der Waals surface area contributed by atoms with E-state index in [-0.39, 0.29) is 18.0 Å². The Morgan fingerprint density at radius 1 is 1.40 bits per heavy atom. The fourth-order valence-corrected chi connectivity index (χ4v) is 2.50. The number of aryl methyl sites for hydroxylation is 1. The summed E-state index contributed by atoms with van der Waals surface area (Å²) in [4.78, 5) is 0. The van der Waals surface area contributed by atoms with Crippen LogP contribution < -0.4 is 10.1 Å². The molecule has 1 aliphatic rings. The van der Waals surface area contributed by atoms with E-state index in [1.54, 1.807) is 13.0 Å². The van der Waals surface area contributed by atoms with Gasteiger partial charge in [-0.2, -0.15) is 0 Å². The van der Waals surface area contributed by atoms with Crippen molar-refractivity contribution in [2.45, 2.75) is 45.8 Å². The van der Waals surface area contributed by atoms with Gasteiger partial charge < -0.3 is 14.8 Å². The van der Waals surface area contributed by atoms with E-state index in [4.69, 9.17) is 9.47 Å². The Hall–Kier alpha value is -1.13. The van der Waals surface area contributed by atoms with E-state index in [2.05, 4.69) is 5.32 Å². The maximum absolute atomic E-state index is 13.8. The van der Waals surface area contributed by atoms with Crippen molar-refractivity contribution in [1.29, 1.82) is 0 Å². The minimum absolute atomic E-state index is 0.0740. The first-order chi connectivity index (χ1) is 9.61. The molecular weight excluding hydrogens is 257 g/mol. The SMILES string of the molecule is CCNC(C)c1cc(F)c(C)cc1OC1CCOCC1. The average molecular weight is 281 g/mol. The number of hydrogen-bond donors (Lipinski definition) is 1. The zero-order valence-corrected chi connectivity index (χ0v) is 12.5. The smallest absolute Gasteiger partial charge is 0.126 e. The third-order valence-electron chi connectivity index (χ3n) is 3.73. The van der Waals surface area contributed by atoms with E-state index in [9.17, 15) is 4.39 Å². The fraction of sp³-hybridized carbons (Fsp3) is 0.625. The number of rotatable bonds is 5. The molecule has 112 valence electrons. The normalized spacial score (nSPS) is 18.0. The predicted molar refractivity (Wildman–Crippen MR) is 77.7 cm³/mol. The van der Waals surface area contributed by atoms with Gasteiger partial charge in [0.25, 0.3) is 0 Å². The molecule has 1 heterocycles. The van der Waals surface area contributed by atoms with Gasteiger partial charge in [0.05, 0.1) is 13.2 Å². The molecule has 2 rings (SSSR count). The molecule has 0 saturated carbocycles. The zero-order valence-electron chi connectivity index (χ0n) is 12.5. The first kappa shape index (κ1) is 15.3. The van der Waals surface area contributed by atoms with Crippen molar-refractivity contribution in [3.05, 3.63) is 29.1 Å². The van der Waals surface area contributed by atoms with Gasteiger partial charge in [-0.15, -0.1) is 0 Å². The molecule has 1 saturated heterocycles. The summed E-state index contributed by atoms with van der Waals surface area (Å²) in [6, 6.07) is 3.48. The number of halogens is 1. The van der Waals surface area contributed by atoms with Gasteiger partial charge in [-0.25, -0.2) is 4.39 Å². The second-order valence-corrected chi connectivity index (χ2v) is 5.35. The Balaban J connectivity index is 2.21. The van der Waals surface area contributed by atoms with Crippen LogP contribution in [0.1, 0.15) is 43.9 Å². The number of ether oxygens (including phenoxy) is 2. The molecule has 0 amide bonds. The Morgan fingerprint density at radius 3 is 2.75 bits per heavy atom. The molecule has 1 aromatic rings. The minimum atomic E-state index is -0.177. The van der Waals surface area contributed by atoms with Gasteiger partial charge in [-0.3, -0.25) is 0 Å². The highest BCUT2D eigenvalue weighted by molar-refractivity contribution is 5.40. The van der Waals surface area contributed by atoms with E-state index in [0.29, 0.717) is 5.56 Å². The molecule has 1 aliphatic heterocycles. The van der Waals surface area contributed by atoms with Crippen LogP contribution in [0.3, 0.4) is 0 Å². The summed E-state index contributed by atoms with van der Waals surface area (Å²) in [6.45, 7) is 8.16. The average Bonchev–Trinajstić information content (AvgIpc) is 2.44. The van der Waals surface area contributed by atoms with Crippen molar-refractivity contribution < 1.29 is 13.9 Å². The third kappa shape index (κ3) is 3.70. The highest BCUT2D eigenvalue weighted by atomic mass is 19.1. The van der Waals surface area contributed by atoms with E-state index in [1.165, 1.54) is 0 Å². The quantitative estimate of drug-likeness (QED) is 0.897. The topological polar surface area (TPSA) is 30.5 Å². The number of hydrogen-bond acceptors (Lipinski definition) is 3. The van der Waals surface area contributed by atoms with Crippen molar-refractivity contribution in [3.63, 3.8) is 0 Å². The van der Waals surface area contributed by atoms with Gasteiger partial charge >= 0.3 is 0 Å². The van der Waals surface area contributed by atoms with E-state index in [1.807, 2.05) is 19.9 Å². The maximum Gasteiger partial charge on any atom is 0.126 e. The molecular formula is C16H24FNO2. The Kier molecular flexibility index (Phi) is 5.38. The highest BCUT2D eigenvalue weighted by Crippen LogP contribution is 2.30. The maximum atomic E-state index is 13.8. The lowest BCUT2D eigenvalue weighted by Crippen LogP contribution is -2.27. The van der Waals surface area contributed by atoms with Crippen molar-refractivity contribution in [1.82, 2.24) is 5.32 Å². The van der Waals surface area contributed by atoms with Crippen LogP contribution in [0.2, 0.25) is 0 Å². The third-order valence-corrected chi connectivity index (χ3v) is 3.73. The number of benzene rings is 1. The summed E-state index contributed by atoms with van der Waals surface area (Å²) >= 11 is 0. The van der Waals surface area contributed by atoms with Crippen molar-refractivity contribution in [2.24, 2.45) is 0 Å². The summed E-state index contributed by atoms with van der Waals surface area (Å²) in [6.07, 6.45) is 1.96. The Labute approximate surface area is 120 Å². The number of nitrogens with one attached hydrogen (secondary N) is 1. The van der Waals surface area contributed by atoms with Crippen LogP contribution in [0.5, 0.6) is 5.75 Å². The summed E-state index contributed by atoms with van der Waals surface area (Å²) in [5, 5.41) is 3.31. The Bertz CT molecular complexity index is 444. The van der Waals surface area contributed by atoms with Crippen LogP contribution in [0.4, 0.5) is 4.39 Å². The second kappa shape index (κ2) is 7.04. The molecule has 0 aromatic heterocycles. The minimum Gasteiger partial charge on any atom is -0.490 e. The van der Waals surface area contributed by atoms with Crippen molar-refractivity contribution in [3.8, 4) is 5.75 Å². The van der Waals surface area contributed by atoms with Crippen LogP contribution in [-0.4, -0.2) is 25.9 Å². The summed E-state index contributed by atoms with van der Waals surface area (Å²) in [7, 11) is 0. The first-order valence-corrected chi connectivity index (χ1v) is 7.39. The molecule has 1 atom stereocenters. The molecule has 0 aliphatic carbocycles. The molecule has 20 heavy (non-hydrogen) atoms. The standard InChI is InChI=1S/C16H24FNO2/c1-4-18-12(3)14-10-15(17)11(2)9-16(14)20-13-5-7-19-8-6-13/h9-10,12-13,18H,4-8H2,1-3H3. The largest absolute Gasteiger partial charge is 0.490 e. The lowest BCUT2D eigenvalue weighted by atomic mass is 10.0. The molecule has 1 N–H and O–H groups in total. The second-order valence-electron chi connectivity index (χ2n) is 5.35. The summed E-state index contributed by atoms with van der Waals surface area (Å²) < 4.78 is 25.3. The first-order valence-electron chi connectivity index (χ1n) is 7.39. The molecule has 0 bridgehead atoms. The van der Waals surface area contributed by atoms with Crippen LogP contribution in [-0.2, 0) is 4.74 Å². The summed E-state index contributed by atoms with van der Waals surface area (Å²) in [5.74, 6) is 0.619. The van der Waals surface area contributed by atoms with Gasteiger partial charge in [-0.05, 0) is 38.1 Å². The van der Waals surface area contributed by atoms with Gasteiger partial charge in [0.15, 0.2) is 0 Å². The van der Waals surface area contributed by atoms with Crippen LogP contribution >= 0.6 is 0 Å². The van der Waals surface area contributed by atoms with E-state index < -0.39 is 0 Å². The molecule has 1 unspecified atom stereocenters. The Morgan fingerprint density at radius 2 is 2.10 bits per heavy atom. The lowest BCUT2D eigenvalue weighted by Gasteiger charge is -2.26. The highest BCUT2D eigenvalue weighted by Gasteiger charge is 2.20. The molecule has 4 heteroatoms. The van der Waals surface area contributed by atoms with E-state index in [0.717, 1.165) is 43.9 Å². The molecule has 3 nitrogen and oxygen atoms in total. The van der Waals surface area contributed by atoms with Crippen molar-refractivity contribution in [2.75, 3.05) is 19.8 Å². The molecule has 1 aromatic carbocycles. The summed E-state index contributed by atoms with van der Waals surface area (Å²) in [5.41, 5.74) is 1.51. The molecule has 0 radical (unpaired) electrons. The molecule has 1 fully saturated rings. The lowest BCUT2D eigenvalue weighted by molar-refractivity contribution is 0.0249. The van der Waals surface area contributed by atoms with Crippen LogP contribution in [0.15, 0.2) is 12.1 Å². The molecule has 0 spiro atoms. The van der Waals surface area contributed by atoms with Gasteiger partial charge in [0, 0.05) is 24.4 Å². The predicted octanol–water partition coefficient (Wildman–Crippen LogP) is 3.36. The van der Waals surface area contributed by atoms with Crippen molar-refractivity contribution >= 4 is 0 Å². The fourth-order valence-electron chi connectivity index (χ4n) is 2.50.